The third-order valence-corrected chi connectivity index (χ3v) is 2.78. The summed E-state index contributed by atoms with van der Waals surface area (Å²) in [4.78, 5) is 1.97. The van der Waals surface area contributed by atoms with E-state index < -0.39 is 6.36 Å². The van der Waals surface area contributed by atoms with Crippen LogP contribution in [-0.2, 0) is 4.74 Å². The molecule has 0 aromatic heterocycles. The molecule has 15 heavy (non-hydrogen) atoms. The van der Waals surface area contributed by atoms with Gasteiger partial charge in [0.15, 0.2) is 0 Å². The van der Waals surface area contributed by atoms with Crippen LogP contribution in [0, 0.1) is 0 Å². The summed E-state index contributed by atoms with van der Waals surface area (Å²) in [6.45, 7) is 0.626. The standard InChI is InChI=1S/C9H15ClF3NO/c10-4-5-14(8-2-1-3-8)6-7-15-9(11,12)13/h8H,1-7H2. The second-order valence-corrected chi connectivity index (χ2v) is 3.98. The van der Waals surface area contributed by atoms with Crippen LogP contribution < -0.4 is 0 Å². The molecular formula is C9H15ClF3NO. The van der Waals surface area contributed by atoms with E-state index in [1.54, 1.807) is 0 Å². The van der Waals surface area contributed by atoms with Crippen LogP contribution >= 0.6 is 11.6 Å². The van der Waals surface area contributed by atoms with Crippen LogP contribution in [0.15, 0.2) is 0 Å². The first-order valence-corrected chi connectivity index (χ1v) is 5.57. The van der Waals surface area contributed by atoms with E-state index in [9.17, 15) is 13.2 Å². The second-order valence-electron chi connectivity index (χ2n) is 3.60. The third kappa shape index (κ3) is 5.04. The normalized spacial score (nSPS) is 18.2. The van der Waals surface area contributed by atoms with Gasteiger partial charge in [0.25, 0.3) is 0 Å². The second kappa shape index (κ2) is 5.92. The van der Waals surface area contributed by atoms with Gasteiger partial charge in [0.2, 0.25) is 0 Å². The maximum atomic E-state index is 11.7. The van der Waals surface area contributed by atoms with Gasteiger partial charge in [0.1, 0.15) is 0 Å². The molecule has 1 fully saturated rings. The molecule has 2 nitrogen and oxygen atoms in total. The first kappa shape index (κ1) is 13.1. The lowest BCUT2D eigenvalue weighted by molar-refractivity contribution is -0.325. The Hall–Kier alpha value is 0. The zero-order valence-electron chi connectivity index (χ0n) is 8.39. The zero-order valence-corrected chi connectivity index (χ0v) is 9.15. The van der Waals surface area contributed by atoms with E-state index in [1.807, 2.05) is 4.90 Å². The van der Waals surface area contributed by atoms with E-state index in [1.165, 1.54) is 0 Å². The molecule has 0 heterocycles. The molecule has 0 amide bonds. The fraction of sp³-hybridized carbons (Fsp3) is 1.00. The Bertz CT molecular complexity index is 185. The quantitative estimate of drug-likeness (QED) is 0.667. The van der Waals surface area contributed by atoms with E-state index in [4.69, 9.17) is 11.6 Å². The molecule has 1 saturated carbocycles. The Morgan fingerprint density at radius 1 is 1.27 bits per heavy atom. The van der Waals surface area contributed by atoms with Crippen molar-refractivity contribution < 1.29 is 17.9 Å². The first-order chi connectivity index (χ1) is 7.03. The number of nitrogens with zero attached hydrogens (tertiary/aromatic N) is 1. The van der Waals surface area contributed by atoms with Gasteiger partial charge in [-0.1, -0.05) is 6.42 Å². The molecule has 0 N–H and O–H groups in total. The molecule has 0 atom stereocenters. The van der Waals surface area contributed by atoms with E-state index in [0.29, 0.717) is 25.0 Å². The van der Waals surface area contributed by atoms with Gasteiger partial charge in [-0.15, -0.1) is 24.8 Å². The lowest BCUT2D eigenvalue weighted by Gasteiger charge is -2.37. The van der Waals surface area contributed by atoms with E-state index >= 15 is 0 Å². The van der Waals surface area contributed by atoms with Gasteiger partial charge < -0.3 is 0 Å². The highest BCUT2D eigenvalue weighted by molar-refractivity contribution is 6.18. The molecule has 1 aliphatic rings. The number of halogens is 4. The van der Waals surface area contributed by atoms with Crippen molar-refractivity contribution in [1.82, 2.24) is 4.90 Å². The maximum absolute atomic E-state index is 11.7. The minimum Gasteiger partial charge on any atom is -0.297 e. The Kier molecular flexibility index (Phi) is 5.15. The minimum absolute atomic E-state index is 0.302. The molecule has 0 aromatic carbocycles. The highest BCUT2D eigenvalue weighted by atomic mass is 35.5. The minimum atomic E-state index is -4.52. The van der Waals surface area contributed by atoms with Crippen LogP contribution in [0.3, 0.4) is 0 Å². The molecule has 0 saturated heterocycles. The summed E-state index contributed by atoms with van der Waals surface area (Å²) in [7, 11) is 0. The highest BCUT2D eigenvalue weighted by Crippen LogP contribution is 2.24. The van der Waals surface area contributed by atoms with E-state index in [0.717, 1.165) is 19.3 Å². The number of ether oxygens (including phenoxy) is 1. The van der Waals surface area contributed by atoms with Crippen LogP contribution in [0.1, 0.15) is 19.3 Å². The van der Waals surface area contributed by atoms with Crippen molar-refractivity contribution in [3.05, 3.63) is 0 Å². The summed E-state index contributed by atoms with van der Waals surface area (Å²) in [5.41, 5.74) is 0. The van der Waals surface area contributed by atoms with Crippen molar-refractivity contribution in [3.8, 4) is 0 Å². The van der Waals surface area contributed by atoms with Crippen molar-refractivity contribution in [3.63, 3.8) is 0 Å². The largest absolute Gasteiger partial charge is 0.522 e. The van der Waals surface area contributed by atoms with Crippen molar-refractivity contribution in [2.24, 2.45) is 0 Å². The average Bonchev–Trinajstić information content (AvgIpc) is 1.98. The van der Waals surface area contributed by atoms with Crippen molar-refractivity contribution in [1.29, 1.82) is 0 Å². The molecule has 0 spiro atoms. The number of hydrogen-bond acceptors (Lipinski definition) is 2. The predicted molar refractivity (Wildman–Crippen MR) is 51.9 cm³/mol. The fourth-order valence-corrected chi connectivity index (χ4v) is 1.83. The van der Waals surface area contributed by atoms with Crippen molar-refractivity contribution >= 4 is 11.6 Å². The topological polar surface area (TPSA) is 12.5 Å². The zero-order chi connectivity index (χ0) is 11.3. The molecule has 90 valence electrons. The molecule has 0 aromatic rings. The Balaban J connectivity index is 2.19. The van der Waals surface area contributed by atoms with Gasteiger partial charge in [-0.05, 0) is 12.8 Å². The van der Waals surface area contributed by atoms with E-state index in [2.05, 4.69) is 4.74 Å². The molecule has 0 aliphatic heterocycles. The Labute approximate surface area is 92.3 Å². The van der Waals surface area contributed by atoms with Gasteiger partial charge in [-0.25, -0.2) is 0 Å². The van der Waals surface area contributed by atoms with Crippen molar-refractivity contribution in [2.45, 2.75) is 31.7 Å². The third-order valence-electron chi connectivity index (χ3n) is 2.61. The van der Waals surface area contributed by atoms with Gasteiger partial charge >= 0.3 is 6.36 Å². The molecular weight excluding hydrogens is 231 g/mol. The summed E-state index contributed by atoms with van der Waals surface area (Å²) < 4.78 is 38.9. The summed E-state index contributed by atoms with van der Waals surface area (Å²) in [5, 5.41) is 0. The molecule has 0 radical (unpaired) electrons. The van der Waals surface area contributed by atoms with Crippen LogP contribution in [-0.4, -0.2) is 42.9 Å². The summed E-state index contributed by atoms with van der Waals surface area (Å²) in [5.74, 6) is 0.447. The van der Waals surface area contributed by atoms with Crippen LogP contribution in [0.5, 0.6) is 0 Å². The van der Waals surface area contributed by atoms with Crippen LogP contribution in [0.25, 0.3) is 0 Å². The lowest BCUT2D eigenvalue weighted by Crippen LogP contribution is -2.43. The number of rotatable bonds is 6. The number of alkyl halides is 4. The first-order valence-electron chi connectivity index (χ1n) is 5.03. The van der Waals surface area contributed by atoms with E-state index in [-0.39, 0.29) is 6.61 Å². The summed E-state index contributed by atoms with van der Waals surface area (Å²) >= 11 is 5.59. The Morgan fingerprint density at radius 2 is 1.93 bits per heavy atom. The lowest BCUT2D eigenvalue weighted by atomic mass is 9.91. The molecule has 1 aliphatic carbocycles. The van der Waals surface area contributed by atoms with Gasteiger partial charge in [0.05, 0.1) is 6.61 Å². The Morgan fingerprint density at radius 3 is 2.33 bits per heavy atom. The molecule has 0 bridgehead atoms. The number of hydrogen-bond donors (Lipinski definition) is 0. The summed E-state index contributed by atoms with van der Waals surface area (Å²) in [6, 6.07) is 0.403. The smallest absolute Gasteiger partial charge is 0.297 e. The SMILES string of the molecule is FC(F)(F)OCCN(CCCl)C1CCC1. The van der Waals surface area contributed by atoms with Gasteiger partial charge in [-0.3, -0.25) is 9.64 Å². The predicted octanol–water partition coefficient (Wildman–Crippen LogP) is 2.62. The van der Waals surface area contributed by atoms with Crippen molar-refractivity contribution in [2.75, 3.05) is 25.6 Å². The van der Waals surface area contributed by atoms with Gasteiger partial charge in [-0.2, -0.15) is 0 Å². The van der Waals surface area contributed by atoms with Gasteiger partial charge in [0, 0.05) is 25.0 Å². The maximum Gasteiger partial charge on any atom is 0.522 e. The monoisotopic (exact) mass is 245 g/mol. The molecule has 1 rings (SSSR count). The average molecular weight is 246 g/mol. The highest BCUT2D eigenvalue weighted by Gasteiger charge is 2.30. The van der Waals surface area contributed by atoms with Crippen LogP contribution in [0.4, 0.5) is 13.2 Å². The fourth-order valence-electron chi connectivity index (χ4n) is 1.62. The molecule has 6 heteroatoms. The van der Waals surface area contributed by atoms with Crippen LogP contribution in [0.2, 0.25) is 0 Å². The molecule has 0 unspecified atom stereocenters. The summed E-state index contributed by atoms with van der Waals surface area (Å²) in [6.07, 6.45) is -1.25.